The minimum absolute atomic E-state index is 0.378. The molecule has 0 fully saturated rings. The van der Waals surface area contributed by atoms with Crippen molar-refractivity contribution in [1.82, 2.24) is 5.32 Å². The number of carbonyl (C=O) groups is 2. The predicted molar refractivity (Wildman–Crippen MR) is 51.7 cm³/mol. The lowest BCUT2D eigenvalue weighted by molar-refractivity contribution is -0.142. The summed E-state index contributed by atoms with van der Waals surface area (Å²) in [5.41, 5.74) is 9.14. The van der Waals surface area contributed by atoms with Crippen molar-refractivity contribution in [2.45, 2.75) is 31.7 Å². The van der Waals surface area contributed by atoms with Crippen molar-refractivity contribution in [2.75, 3.05) is 6.54 Å². The number of nitrogens with two attached hydrogens (primary N) is 2. The third-order valence-electron chi connectivity index (χ3n) is 1.91. The Hall–Kier alpha value is -1.30. The minimum atomic E-state index is -1.19. The highest BCUT2D eigenvalue weighted by atomic mass is 16.4. The first kappa shape index (κ1) is 12.7. The van der Waals surface area contributed by atoms with Crippen LogP contribution in [0.15, 0.2) is 0 Å². The average Bonchev–Trinajstić information content (AvgIpc) is 2.02. The van der Waals surface area contributed by atoms with Crippen LogP contribution in [0.1, 0.15) is 26.2 Å². The molecule has 0 rings (SSSR count). The molecule has 0 aliphatic rings. The number of rotatable bonds is 6. The molecule has 0 aromatic rings. The highest BCUT2D eigenvalue weighted by Crippen LogP contribution is 2.10. The van der Waals surface area contributed by atoms with E-state index in [4.69, 9.17) is 16.6 Å². The molecule has 0 unspecified atom stereocenters. The van der Waals surface area contributed by atoms with Crippen LogP contribution in [-0.4, -0.2) is 29.2 Å². The van der Waals surface area contributed by atoms with Crippen LogP contribution >= 0.6 is 0 Å². The topological polar surface area (TPSA) is 118 Å². The Morgan fingerprint density at radius 2 is 2.00 bits per heavy atom. The van der Waals surface area contributed by atoms with Gasteiger partial charge in [0, 0.05) is 6.54 Å². The van der Waals surface area contributed by atoms with Gasteiger partial charge in [0.15, 0.2) is 0 Å². The molecular weight excluding hydrogens is 186 g/mol. The summed E-state index contributed by atoms with van der Waals surface area (Å²) in [7, 11) is 0. The summed E-state index contributed by atoms with van der Waals surface area (Å²) in [6.07, 6.45) is 1.69. The quantitative estimate of drug-likeness (QED) is 0.440. The van der Waals surface area contributed by atoms with E-state index >= 15 is 0 Å². The van der Waals surface area contributed by atoms with Gasteiger partial charge >= 0.3 is 12.0 Å². The zero-order valence-electron chi connectivity index (χ0n) is 8.25. The molecule has 0 aromatic carbocycles. The fourth-order valence-electron chi connectivity index (χ4n) is 0.936. The number of primary amides is 1. The Bertz CT molecular complexity index is 216. The molecule has 0 aliphatic heterocycles. The molecule has 0 heterocycles. The number of hydrogen-bond acceptors (Lipinski definition) is 3. The summed E-state index contributed by atoms with van der Waals surface area (Å²) in [6, 6.07) is -0.571. The lowest BCUT2D eigenvalue weighted by Crippen LogP contribution is -2.44. The maximum absolute atomic E-state index is 10.6. The molecule has 0 bridgehead atoms. The lowest BCUT2D eigenvalue weighted by Gasteiger charge is -2.18. The number of carbonyl (C=O) groups excluding carboxylic acids is 1. The van der Waals surface area contributed by atoms with E-state index in [0.29, 0.717) is 25.8 Å². The Kier molecular flexibility index (Phi) is 4.93. The smallest absolute Gasteiger partial charge is 0.323 e. The fraction of sp³-hybridized carbons (Fsp3) is 0.750. The normalized spacial score (nSPS) is 14.4. The van der Waals surface area contributed by atoms with Crippen LogP contribution in [-0.2, 0) is 4.79 Å². The second kappa shape index (κ2) is 5.43. The Morgan fingerprint density at radius 3 is 2.43 bits per heavy atom. The number of amides is 2. The van der Waals surface area contributed by atoms with Crippen LogP contribution in [0.4, 0.5) is 4.79 Å². The summed E-state index contributed by atoms with van der Waals surface area (Å²) in [6.45, 7) is 1.92. The van der Waals surface area contributed by atoms with Crippen LogP contribution in [0.3, 0.4) is 0 Å². The third-order valence-corrected chi connectivity index (χ3v) is 1.91. The number of nitrogens with one attached hydrogen (secondary N) is 1. The van der Waals surface area contributed by atoms with Crippen molar-refractivity contribution in [3.05, 3.63) is 0 Å². The average molecular weight is 203 g/mol. The monoisotopic (exact) mass is 203 g/mol. The van der Waals surface area contributed by atoms with Gasteiger partial charge in [0.05, 0.1) is 0 Å². The van der Waals surface area contributed by atoms with Gasteiger partial charge in [0.2, 0.25) is 0 Å². The van der Waals surface area contributed by atoms with E-state index in [9.17, 15) is 9.59 Å². The summed E-state index contributed by atoms with van der Waals surface area (Å²) in [5.74, 6) is -1.01. The van der Waals surface area contributed by atoms with Gasteiger partial charge in [-0.1, -0.05) is 0 Å². The van der Waals surface area contributed by atoms with Crippen LogP contribution in [0, 0.1) is 0 Å². The van der Waals surface area contributed by atoms with E-state index < -0.39 is 17.5 Å². The SMILES string of the molecule is C[C@@](N)(CCCCNC(N)=O)C(=O)O. The molecule has 2 amide bonds. The zero-order valence-corrected chi connectivity index (χ0v) is 8.25. The molecule has 1 atom stereocenters. The third kappa shape index (κ3) is 5.36. The molecule has 0 radical (unpaired) electrons. The molecular formula is C8H17N3O3. The summed E-state index contributed by atoms with van der Waals surface area (Å²) < 4.78 is 0. The van der Waals surface area contributed by atoms with E-state index in [1.165, 1.54) is 6.92 Å². The first-order valence-electron chi connectivity index (χ1n) is 4.42. The van der Waals surface area contributed by atoms with Gasteiger partial charge in [-0.2, -0.15) is 0 Å². The number of aliphatic carboxylic acids is 1. The van der Waals surface area contributed by atoms with Crippen molar-refractivity contribution in [3.8, 4) is 0 Å². The van der Waals surface area contributed by atoms with Crippen LogP contribution in [0.5, 0.6) is 0 Å². The van der Waals surface area contributed by atoms with Gasteiger partial charge in [0.1, 0.15) is 5.54 Å². The van der Waals surface area contributed by atoms with Gasteiger partial charge in [-0.3, -0.25) is 4.79 Å². The van der Waals surface area contributed by atoms with Gasteiger partial charge in [-0.15, -0.1) is 0 Å². The van der Waals surface area contributed by atoms with Crippen molar-refractivity contribution in [2.24, 2.45) is 11.5 Å². The van der Waals surface area contributed by atoms with E-state index in [2.05, 4.69) is 5.32 Å². The first-order chi connectivity index (χ1) is 6.36. The van der Waals surface area contributed by atoms with E-state index in [1.807, 2.05) is 0 Å². The number of carboxylic acids is 1. The fourth-order valence-corrected chi connectivity index (χ4v) is 0.936. The molecule has 14 heavy (non-hydrogen) atoms. The standard InChI is InChI=1S/C8H17N3O3/c1-8(10,6(12)13)4-2-3-5-11-7(9)14/h2-5,10H2,1H3,(H,12,13)(H3,9,11,14)/t8-/m1/s1. The molecule has 0 saturated heterocycles. The first-order valence-corrected chi connectivity index (χ1v) is 4.42. The van der Waals surface area contributed by atoms with Gasteiger partial charge < -0.3 is 21.9 Å². The van der Waals surface area contributed by atoms with E-state index in [0.717, 1.165) is 0 Å². The van der Waals surface area contributed by atoms with Crippen molar-refractivity contribution in [3.63, 3.8) is 0 Å². The van der Waals surface area contributed by atoms with Gasteiger partial charge in [-0.25, -0.2) is 4.79 Å². The number of hydrogen-bond donors (Lipinski definition) is 4. The maximum Gasteiger partial charge on any atom is 0.323 e. The summed E-state index contributed by atoms with van der Waals surface area (Å²) in [5, 5.41) is 11.1. The van der Waals surface area contributed by atoms with Crippen molar-refractivity contribution < 1.29 is 14.7 Å². The largest absolute Gasteiger partial charge is 0.480 e. The van der Waals surface area contributed by atoms with Gasteiger partial charge in [-0.05, 0) is 26.2 Å². The molecule has 6 heteroatoms. The molecule has 6 nitrogen and oxygen atoms in total. The number of unbranched alkanes of at least 4 members (excludes halogenated alkanes) is 1. The van der Waals surface area contributed by atoms with Crippen LogP contribution in [0.2, 0.25) is 0 Å². The summed E-state index contributed by atoms with van der Waals surface area (Å²) in [4.78, 5) is 20.8. The highest BCUT2D eigenvalue weighted by Gasteiger charge is 2.26. The second-order valence-corrected chi connectivity index (χ2v) is 3.47. The van der Waals surface area contributed by atoms with Crippen molar-refractivity contribution >= 4 is 12.0 Å². The molecule has 82 valence electrons. The zero-order chi connectivity index (χ0) is 11.2. The maximum atomic E-state index is 10.6. The number of carboxylic acid groups (broad SMARTS) is 1. The minimum Gasteiger partial charge on any atom is -0.480 e. The lowest BCUT2D eigenvalue weighted by atomic mass is 9.96. The number of urea groups is 1. The molecule has 0 aromatic heterocycles. The van der Waals surface area contributed by atoms with E-state index in [-0.39, 0.29) is 0 Å². The Labute approximate surface area is 82.6 Å². The van der Waals surface area contributed by atoms with Crippen LogP contribution in [0.25, 0.3) is 0 Å². The second-order valence-electron chi connectivity index (χ2n) is 3.47. The van der Waals surface area contributed by atoms with Crippen molar-refractivity contribution in [1.29, 1.82) is 0 Å². The molecule has 0 spiro atoms. The van der Waals surface area contributed by atoms with Crippen LogP contribution < -0.4 is 16.8 Å². The predicted octanol–water partition coefficient (Wildman–Crippen LogP) is -0.373. The summed E-state index contributed by atoms with van der Waals surface area (Å²) >= 11 is 0. The Morgan fingerprint density at radius 1 is 1.43 bits per heavy atom. The molecule has 0 saturated carbocycles. The van der Waals surface area contributed by atoms with E-state index in [1.54, 1.807) is 0 Å². The molecule has 0 aliphatic carbocycles. The molecule has 6 N–H and O–H groups in total. The van der Waals surface area contributed by atoms with Gasteiger partial charge in [0.25, 0.3) is 0 Å². The highest BCUT2D eigenvalue weighted by molar-refractivity contribution is 5.77. The Balaban J connectivity index is 3.54.